The number of methoxy groups -OCH3 is 1. The van der Waals surface area contributed by atoms with Crippen molar-refractivity contribution in [3.63, 3.8) is 0 Å². The summed E-state index contributed by atoms with van der Waals surface area (Å²) in [5, 5.41) is 1.50. The first-order chi connectivity index (χ1) is 7.72. The molecule has 0 unspecified atom stereocenters. The minimum absolute atomic E-state index is 0.0658. The second-order valence-electron chi connectivity index (χ2n) is 3.38. The van der Waals surface area contributed by atoms with Crippen LogP contribution in [0.1, 0.15) is 5.56 Å². The molecule has 0 N–H and O–H groups in total. The van der Waals surface area contributed by atoms with Gasteiger partial charge in [0.05, 0.1) is 13.5 Å². The maximum Gasteiger partial charge on any atom is 0.310 e. The SMILES string of the molecule is COC(=O)Cc1c(F)ccc2cnccc12. The van der Waals surface area contributed by atoms with E-state index < -0.39 is 11.8 Å². The zero-order chi connectivity index (χ0) is 11.5. The number of hydrogen-bond acceptors (Lipinski definition) is 3. The van der Waals surface area contributed by atoms with Crippen LogP contribution < -0.4 is 0 Å². The van der Waals surface area contributed by atoms with Crippen LogP contribution in [0, 0.1) is 5.82 Å². The molecule has 0 bridgehead atoms. The van der Waals surface area contributed by atoms with Crippen molar-refractivity contribution in [1.29, 1.82) is 0 Å². The third-order valence-corrected chi connectivity index (χ3v) is 2.42. The first kappa shape index (κ1) is 10.5. The van der Waals surface area contributed by atoms with Crippen LogP contribution in [0.4, 0.5) is 4.39 Å². The first-order valence-corrected chi connectivity index (χ1v) is 4.80. The first-order valence-electron chi connectivity index (χ1n) is 4.80. The number of aromatic nitrogens is 1. The Morgan fingerprint density at radius 2 is 2.25 bits per heavy atom. The Morgan fingerprint density at radius 3 is 3.00 bits per heavy atom. The van der Waals surface area contributed by atoms with Gasteiger partial charge in [-0.3, -0.25) is 9.78 Å². The van der Waals surface area contributed by atoms with Crippen molar-refractivity contribution in [2.45, 2.75) is 6.42 Å². The molecule has 0 atom stereocenters. The molecule has 2 aromatic rings. The summed E-state index contributed by atoms with van der Waals surface area (Å²) in [6, 6.07) is 4.66. The fraction of sp³-hybridized carbons (Fsp3) is 0.167. The molecule has 82 valence electrons. The maximum atomic E-state index is 13.6. The molecule has 0 aliphatic carbocycles. The Morgan fingerprint density at radius 1 is 1.44 bits per heavy atom. The molecule has 0 radical (unpaired) electrons. The Balaban J connectivity index is 2.57. The van der Waals surface area contributed by atoms with E-state index in [2.05, 4.69) is 9.72 Å². The van der Waals surface area contributed by atoms with Crippen LogP contribution in [0.25, 0.3) is 10.8 Å². The summed E-state index contributed by atoms with van der Waals surface area (Å²) < 4.78 is 18.1. The van der Waals surface area contributed by atoms with E-state index in [-0.39, 0.29) is 6.42 Å². The summed E-state index contributed by atoms with van der Waals surface area (Å²) in [6.45, 7) is 0. The molecule has 0 amide bonds. The normalized spacial score (nSPS) is 10.4. The summed E-state index contributed by atoms with van der Waals surface area (Å²) in [7, 11) is 1.28. The second kappa shape index (κ2) is 4.26. The third-order valence-electron chi connectivity index (χ3n) is 2.42. The highest BCUT2D eigenvalue weighted by Crippen LogP contribution is 2.21. The van der Waals surface area contributed by atoms with Crippen LogP contribution in [0.15, 0.2) is 30.6 Å². The molecule has 0 aliphatic heterocycles. The van der Waals surface area contributed by atoms with Gasteiger partial charge in [0.1, 0.15) is 5.82 Å². The maximum absolute atomic E-state index is 13.6. The van der Waals surface area contributed by atoms with Gasteiger partial charge in [-0.15, -0.1) is 0 Å². The molecule has 0 aliphatic rings. The van der Waals surface area contributed by atoms with Gasteiger partial charge in [0.25, 0.3) is 0 Å². The fourth-order valence-corrected chi connectivity index (χ4v) is 1.60. The second-order valence-corrected chi connectivity index (χ2v) is 3.38. The highest BCUT2D eigenvalue weighted by molar-refractivity contribution is 5.88. The number of carbonyl (C=O) groups is 1. The molecular formula is C12H10FNO2. The number of rotatable bonds is 2. The fourth-order valence-electron chi connectivity index (χ4n) is 1.60. The number of benzene rings is 1. The number of hydrogen-bond donors (Lipinski definition) is 0. The number of ether oxygens (including phenoxy) is 1. The smallest absolute Gasteiger partial charge is 0.310 e. The van der Waals surface area contributed by atoms with Crippen LogP contribution in [-0.4, -0.2) is 18.1 Å². The summed E-state index contributed by atoms with van der Waals surface area (Å²) in [5.74, 6) is -0.854. The zero-order valence-corrected chi connectivity index (χ0v) is 8.74. The van der Waals surface area contributed by atoms with Crippen LogP contribution in [0.2, 0.25) is 0 Å². The number of nitrogens with zero attached hydrogens (tertiary/aromatic N) is 1. The van der Waals surface area contributed by atoms with E-state index in [1.165, 1.54) is 13.2 Å². The number of pyridine rings is 1. The van der Waals surface area contributed by atoms with Gasteiger partial charge in [-0.25, -0.2) is 4.39 Å². The molecule has 2 rings (SSSR count). The molecule has 0 saturated carbocycles. The van der Waals surface area contributed by atoms with Gasteiger partial charge < -0.3 is 4.74 Å². The third kappa shape index (κ3) is 1.86. The average Bonchev–Trinajstić information content (AvgIpc) is 2.32. The highest BCUT2D eigenvalue weighted by Gasteiger charge is 2.11. The van der Waals surface area contributed by atoms with Crippen LogP contribution >= 0.6 is 0 Å². The van der Waals surface area contributed by atoms with Gasteiger partial charge in [0, 0.05) is 23.3 Å². The van der Waals surface area contributed by atoms with Crippen molar-refractivity contribution in [2.24, 2.45) is 0 Å². The lowest BCUT2D eigenvalue weighted by atomic mass is 10.0. The summed E-state index contributed by atoms with van der Waals surface area (Å²) in [4.78, 5) is 15.1. The minimum atomic E-state index is -0.455. The van der Waals surface area contributed by atoms with E-state index in [4.69, 9.17) is 0 Å². The van der Waals surface area contributed by atoms with E-state index in [0.29, 0.717) is 10.9 Å². The number of halogens is 1. The molecule has 1 heterocycles. The predicted octanol–water partition coefficient (Wildman–Crippen LogP) is 2.09. The Kier molecular flexibility index (Phi) is 2.81. The predicted molar refractivity (Wildman–Crippen MR) is 57.4 cm³/mol. The topological polar surface area (TPSA) is 39.2 Å². The van der Waals surface area contributed by atoms with Crippen LogP contribution in [-0.2, 0) is 16.0 Å². The Labute approximate surface area is 91.9 Å². The Hall–Kier alpha value is -1.97. The molecule has 0 saturated heterocycles. The standard InChI is InChI=1S/C12H10FNO2/c1-16-12(15)6-10-9-4-5-14-7-8(9)2-3-11(10)13/h2-5,7H,6H2,1H3. The minimum Gasteiger partial charge on any atom is -0.469 e. The lowest BCUT2D eigenvalue weighted by Gasteiger charge is -2.06. The average molecular weight is 219 g/mol. The molecule has 3 nitrogen and oxygen atoms in total. The molecule has 4 heteroatoms. The molecular weight excluding hydrogens is 209 g/mol. The van der Waals surface area contributed by atoms with Crippen molar-refractivity contribution in [1.82, 2.24) is 4.98 Å². The van der Waals surface area contributed by atoms with Gasteiger partial charge >= 0.3 is 5.97 Å². The van der Waals surface area contributed by atoms with Crippen molar-refractivity contribution in [3.8, 4) is 0 Å². The number of carbonyl (C=O) groups excluding carboxylic acids is 1. The van der Waals surface area contributed by atoms with Crippen molar-refractivity contribution < 1.29 is 13.9 Å². The van der Waals surface area contributed by atoms with Gasteiger partial charge in [-0.2, -0.15) is 0 Å². The van der Waals surface area contributed by atoms with E-state index in [9.17, 15) is 9.18 Å². The van der Waals surface area contributed by atoms with Gasteiger partial charge in [-0.05, 0) is 23.6 Å². The molecule has 16 heavy (non-hydrogen) atoms. The van der Waals surface area contributed by atoms with E-state index in [0.717, 1.165) is 5.39 Å². The van der Waals surface area contributed by atoms with Gasteiger partial charge in [-0.1, -0.05) is 0 Å². The van der Waals surface area contributed by atoms with E-state index >= 15 is 0 Å². The summed E-state index contributed by atoms with van der Waals surface area (Å²) >= 11 is 0. The molecule has 1 aromatic carbocycles. The number of esters is 1. The van der Waals surface area contributed by atoms with Crippen molar-refractivity contribution in [3.05, 3.63) is 42.0 Å². The Bertz CT molecular complexity index is 540. The van der Waals surface area contributed by atoms with Crippen molar-refractivity contribution >= 4 is 16.7 Å². The summed E-state index contributed by atoms with van der Waals surface area (Å²) in [5.41, 5.74) is 0.353. The van der Waals surface area contributed by atoms with E-state index in [1.54, 1.807) is 24.5 Å². The lowest BCUT2D eigenvalue weighted by Crippen LogP contribution is -2.06. The zero-order valence-electron chi connectivity index (χ0n) is 8.74. The van der Waals surface area contributed by atoms with Gasteiger partial charge in [0.2, 0.25) is 0 Å². The van der Waals surface area contributed by atoms with Gasteiger partial charge in [0.15, 0.2) is 0 Å². The molecule has 0 spiro atoms. The van der Waals surface area contributed by atoms with E-state index in [1.807, 2.05) is 0 Å². The van der Waals surface area contributed by atoms with Crippen molar-refractivity contribution in [2.75, 3.05) is 7.11 Å². The van der Waals surface area contributed by atoms with Crippen LogP contribution in [0.3, 0.4) is 0 Å². The van der Waals surface area contributed by atoms with Crippen LogP contribution in [0.5, 0.6) is 0 Å². The molecule has 0 fully saturated rings. The lowest BCUT2D eigenvalue weighted by molar-refractivity contribution is -0.139. The highest BCUT2D eigenvalue weighted by atomic mass is 19.1. The largest absolute Gasteiger partial charge is 0.469 e. The quantitative estimate of drug-likeness (QED) is 0.726. The summed E-state index contributed by atoms with van der Waals surface area (Å²) in [6.07, 6.45) is 3.14. The number of fused-ring (bicyclic) bond motifs is 1. The molecule has 1 aromatic heterocycles. The monoisotopic (exact) mass is 219 g/mol.